The Morgan fingerprint density at radius 1 is 1.08 bits per heavy atom. The van der Waals surface area contributed by atoms with Crippen LogP contribution in [0.25, 0.3) is 11.4 Å². The predicted octanol–water partition coefficient (Wildman–Crippen LogP) is 4.20. The second-order valence-corrected chi connectivity index (χ2v) is 6.00. The second-order valence-electron chi connectivity index (χ2n) is 5.07. The van der Waals surface area contributed by atoms with Crippen molar-refractivity contribution in [2.24, 2.45) is 0 Å². The lowest BCUT2D eigenvalue weighted by Gasteiger charge is -1.98. The van der Waals surface area contributed by atoms with Crippen LogP contribution >= 0.6 is 11.8 Å². The van der Waals surface area contributed by atoms with Gasteiger partial charge in [-0.15, -0.1) is 0 Å². The van der Waals surface area contributed by atoms with E-state index in [9.17, 15) is 0 Å². The van der Waals surface area contributed by atoms with Crippen molar-refractivity contribution in [2.45, 2.75) is 12.1 Å². The third kappa shape index (κ3) is 4.18. The van der Waals surface area contributed by atoms with E-state index in [0.717, 1.165) is 16.9 Å². The summed E-state index contributed by atoms with van der Waals surface area (Å²) in [5.74, 6) is 8.17. The van der Waals surface area contributed by atoms with E-state index in [2.05, 4.69) is 41.0 Å². The lowest BCUT2D eigenvalue weighted by molar-refractivity contribution is 0.341. The van der Waals surface area contributed by atoms with Gasteiger partial charge < -0.3 is 9.26 Å². The Kier molecular flexibility index (Phi) is 5.19. The highest BCUT2D eigenvalue weighted by Crippen LogP contribution is 2.23. The summed E-state index contributed by atoms with van der Waals surface area (Å²) in [6, 6.07) is 15.7. The highest BCUT2D eigenvalue weighted by molar-refractivity contribution is 7.99. The molecule has 0 N–H and O–H groups in total. The standard InChI is InChI=1S/C19H16N2O2S/c1-14-5-7-15(8-6-14)4-3-13-24-19-20-18(21-23-19)16-9-11-17(22-2)12-10-16/h5-12H,13H2,1-2H3. The van der Waals surface area contributed by atoms with E-state index in [1.807, 2.05) is 36.4 Å². The monoisotopic (exact) mass is 336 g/mol. The Balaban J connectivity index is 1.59. The lowest BCUT2D eigenvalue weighted by atomic mass is 10.2. The summed E-state index contributed by atoms with van der Waals surface area (Å²) in [6.07, 6.45) is 0. The van der Waals surface area contributed by atoms with Gasteiger partial charge in [-0.25, -0.2) is 0 Å². The van der Waals surface area contributed by atoms with Crippen LogP contribution in [0.2, 0.25) is 0 Å². The van der Waals surface area contributed by atoms with E-state index in [1.54, 1.807) is 7.11 Å². The van der Waals surface area contributed by atoms with Gasteiger partial charge >= 0.3 is 0 Å². The Bertz CT molecular complexity index is 859. The van der Waals surface area contributed by atoms with Crippen molar-refractivity contribution in [2.75, 3.05) is 12.9 Å². The van der Waals surface area contributed by atoms with Crippen molar-refractivity contribution in [3.8, 4) is 29.0 Å². The van der Waals surface area contributed by atoms with Gasteiger partial charge in [0.05, 0.1) is 12.9 Å². The van der Waals surface area contributed by atoms with E-state index >= 15 is 0 Å². The quantitative estimate of drug-likeness (QED) is 0.528. The molecule has 3 aromatic rings. The molecule has 0 bridgehead atoms. The summed E-state index contributed by atoms with van der Waals surface area (Å²) >= 11 is 1.43. The van der Waals surface area contributed by atoms with E-state index in [1.165, 1.54) is 17.3 Å². The maximum atomic E-state index is 5.25. The van der Waals surface area contributed by atoms with Crippen molar-refractivity contribution in [1.29, 1.82) is 0 Å². The molecule has 3 rings (SSSR count). The van der Waals surface area contributed by atoms with Crippen molar-refractivity contribution >= 4 is 11.8 Å². The van der Waals surface area contributed by atoms with E-state index in [-0.39, 0.29) is 0 Å². The zero-order valence-corrected chi connectivity index (χ0v) is 14.3. The van der Waals surface area contributed by atoms with Crippen molar-refractivity contribution in [3.05, 3.63) is 59.7 Å². The number of aromatic nitrogens is 2. The first kappa shape index (κ1) is 16.2. The summed E-state index contributed by atoms with van der Waals surface area (Å²) < 4.78 is 10.4. The van der Waals surface area contributed by atoms with Gasteiger partial charge in [0, 0.05) is 11.1 Å². The zero-order valence-electron chi connectivity index (χ0n) is 13.4. The molecule has 5 heteroatoms. The van der Waals surface area contributed by atoms with Gasteiger partial charge in [-0.05, 0) is 43.3 Å². The molecule has 0 saturated heterocycles. The van der Waals surface area contributed by atoms with Crippen LogP contribution in [0.3, 0.4) is 0 Å². The molecule has 0 saturated carbocycles. The number of thioether (sulfide) groups is 1. The van der Waals surface area contributed by atoms with Gasteiger partial charge in [-0.3, -0.25) is 0 Å². The van der Waals surface area contributed by atoms with Crippen LogP contribution in [-0.4, -0.2) is 23.0 Å². The number of hydrogen-bond donors (Lipinski definition) is 0. The largest absolute Gasteiger partial charge is 0.497 e. The molecule has 0 fully saturated rings. The first-order chi connectivity index (χ1) is 11.7. The summed E-state index contributed by atoms with van der Waals surface area (Å²) in [5, 5.41) is 4.51. The van der Waals surface area contributed by atoms with Crippen LogP contribution < -0.4 is 4.74 Å². The van der Waals surface area contributed by atoms with Gasteiger partial charge in [-0.1, -0.05) is 46.5 Å². The number of nitrogens with zero attached hydrogens (tertiary/aromatic N) is 2. The average molecular weight is 336 g/mol. The first-order valence-corrected chi connectivity index (χ1v) is 8.39. The summed E-state index contributed by atoms with van der Waals surface area (Å²) in [7, 11) is 1.63. The zero-order chi connectivity index (χ0) is 16.8. The topological polar surface area (TPSA) is 48.2 Å². The molecule has 0 aliphatic carbocycles. The second kappa shape index (κ2) is 7.71. The molecular formula is C19H16N2O2S. The van der Waals surface area contributed by atoms with Crippen molar-refractivity contribution in [3.63, 3.8) is 0 Å². The van der Waals surface area contributed by atoms with Gasteiger partial charge in [0.1, 0.15) is 5.75 Å². The summed E-state index contributed by atoms with van der Waals surface area (Å²) in [5.41, 5.74) is 3.12. The molecule has 0 radical (unpaired) electrons. The molecule has 1 aromatic heterocycles. The molecule has 1 heterocycles. The highest BCUT2D eigenvalue weighted by atomic mass is 32.2. The van der Waals surface area contributed by atoms with Gasteiger partial charge in [0.2, 0.25) is 5.82 Å². The third-order valence-electron chi connectivity index (χ3n) is 3.31. The number of ether oxygens (including phenoxy) is 1. The highest BCUT2D eigenvalue weighted by Gasteiger charge is 2.08. The fraction of sp³-hybridized carbons (Fsp3) is 0.158. The molecule has 4 nitrogen and oxygen atoms in total. The number of hydrogen-bond acceptors (Lipinski definition) is 5. The van der Waals surface area contributed by atoms with Crippen molar-refractivity contribution < 1.29 is 9.26 Å². The molecule has 0 aliphatic rings. The summed E-state index contributed by atoms with van der Waals surface area (Å²) in [4.78, 5) is 4.37. The molecule has 0 atom stereocenters. The third-order valence-corrected chi connectivity index (χ3v) is 4.01. The van der Waals surface area contributed by atoms with Crippen LogP contribution in [0.1, 0.15) is 11.1 Å². The fourth-order valence-corrected chi connectivity index (χ4v) is 2.51. The van der Waals surface area contributed by atoms with E-state index in [0.29, 0.717) is 16.8 Å². The first-order valence-electron chi connectivity index (χ1n) is 7.41. The average Bonchev–Trinajstić information content (AvgIpc) is 3.09. The van der Waals surface area contributed by atoms with Crippen LogP contribution in [0.15, 0.2) is 58.3 Å². The number of aryl methyl sites for hydroxylation is 1. The molecule has 24 heavy (non-hydrogen) atoms. The molecular weight excluding hydrogens is 320 g/mol. The Hall–Kier alpha value is -2.71. The van der Waals surface area contributed by atoms with Crippen LogP contribution in [0.4, 0.5) is 0 Å². The minimum atomic E-state index is 0.513. The molecule has 0 spiro atoms. The molecule has 0 unspecified atom stereocenters. The van der Waals surface area contributed by atoms with Gasteiger partial charge in [-0.2, -0.15) is 4.98 Å². The SMILES string of the molecule is COc1ccc(-c2noc(SCC#Cc3ccc(C)cc3)n2)cc1. The lowest BCUT2D eigenvalue weighted by Crippen LogP contribution is -1.84. The van der Waals surface area contributed by atoms with E-state index < -0.39 is 0 Å². The van der Waals surface area contributed by atoms with Crippen LogP contribution in [0, 0.1) is 18.8 Å². The molecule has 0 aliphatic heterocycles. The number of benzene rings is 2. The van der Waals surface area contributed by atoms with Gasteiger partial charge in [0.25, 0.3) is 5.22 Å². The molecule has 120 valence electrons. The summed E-state index contributed by atoms with van der Waals surface area (Å²) in [6.45, 7) is 2.06. The van der Waals surface area contributed by atoms with E-state index in [4.69, 9.17) is 9.26 Å². The molecule has 2 aromatic carbocycles. The molecule has 0 amide bonds. The number of rotatable bonds is 4. The smallest absolute Gasteiger partial charge is 0.286 e. The minimum Gasteiger partial charge on any atom is -0.497 e. The van der Waals surface area contributed by atoms with Crippen LogP contribution in [-0.2, 0) is 0 Å². The Morgan fingerprint density at radius 2 is 1.83 bits per heavy atom. The van der Waals surface area contributed by atoms with Gasteiger partial charge in [0.15, 0.2) is 0 Å². The number of methoxy groups -OCH3 is 1. The van der Waals surface area contributed by atoms with Crippen molar-refractivity contribution in [1.82, 2.24) is 10.1 Å². The van der Waals surface area contributed by atoms with Crippen LogP contribution in [0.5, 0.6) is 5.75 Å². The predicted molar refractivity (Wildman–Crippen MR) is 95.1 cm³/mol. The fourth-order valence-electron chi connectivity index (χ4n) is 2.00. The maximum absolute atomic E-state index is 5.25. The maximum Gasteiger partial charge on any atom is 0.286 e. The minimum absolute atomic E-state index is 0.513. The Morgan fingerprint density at radius 3 is 2.54 bits per heavy atom. The Labute approximate surface area is 145 Å². The normalized spacial score (nSPS) is 10.1.